The largest absolute Gasteiger partial charge is 0.493 e. The Kier molecular flexibility index (Phi) is 6.10. The van der Waals surface area contributed by atoms with E-state index in [4.69, 9.17) is 9.47 Å². The highest BCUT2D eigenvalue weighted by Gasteiger charge is 2.12. The first-order chi connectivity index (χ1) is 11.2. The zero-order valence-corrected chi connectivity index (χ0v) is 14.2. The topological polar surface area (TPSA) is 30.5 Å². The maximum Gasteiger partial charge on any atom is 0.164 e. The molecule has 0 aromatic heterocycles. The minimum atomic E-state index is 0.612. The second-order valence-corrected chi connectivity index (χ2v) is 5.38. The fraction of sp³-hybridized carbons (Fsp3) is 0.300. The molecule has 0 aliphatic heterocycles. The normalized spacial score (nSPS) is 10.2. The van der Waals surface area contributed by atoms with Gasteiger partial charge in [0, 0.05) is 17.8 Å². The van der Waals surface area contributed by atoms with Gasteiger partial charge in [0.1, 0.15) is 0 Å². The lowest BCUT2D eigenvalue weighted by Crippen LogP contribution is -2.05. The lowest BCUT2D eigenvalue weighted by atomic mass is 10.0. The first kappa shape index (κ1) is 16.9. The third-order valence-electron chi connectivity index (χ3n) is 3.69. The summed E-state index contributed by atoms with van der Waals surface area (Å²) in [5.74, 6) is 1.59. The average Bonchev–Trinajstić information content (AvgIpc) is 2.56. The Morgan fingerprint density at radius 2 is 2.00 bits per heavy atom. The fourth-order valence-corrected chi connectivity index (χ4v) is 2.56. The quantitative estimate of drug-likeness (QED) is 0.714. The Labute approximate surface area is 138 Å². The van der Waals surface area contributed by atoms with Gasteiger partial charge in [-0.1, -0.05) is 24.3 Å². The van der Waals surface area contributed by atoms with Gasteiger partial charge in [-0.3, -0.25) is 0 Å². The van der Waals surface area contributed by atoms with Crippen molar-refractivity contribution in [1.29, 1.82) is 0 Å². The first-order valence-corrected chi connectivity index (χ1v) is 7.92. The summed E-state index contributed by atoms with van der Waals surface area (Å²) in [7, 11) is 1.67. The average molecular weight is 311 g/mol. The summed E-state index contributed by atoms with van der Waals surface area (Å²) in [5.41, 5.74) is 4.63. The van der Waals surface area contributed by atoms with Crippen LogP contribution in [-0.4, -0.2) is 13.7 Å². The van der Waals surface area contributed by atoms with Gasteiger partial charge in [-0.05, 0) is 49.6 Å². The van der Waals surface area contributed by atoms with Gasteiger partial charge in [0.2, 0.25) is 0 Å². The number of aryl methyl sites for hydroxylation is 1. The van der Waals surface area contributed by atoms with Gasteiger partial charge in [-0.15, -0.1) is 6.58 Å². The van der Waals surface area contributed by atoms with E-state index in [0.717, 1.165) is 41.3 Å². The van der Waals surface area contributed by atoms with Gasteiger partial charge in [0.25, 0.3) is 0 Å². The van der Waals surface area contributed by atoms with Gasteiger partial charge in [0.15, 0.2) is 11.5 Å². The molecule has 23 heavy (non-hydrogen) atoms. The molecule has 0 amide bonds. The summed E-state index contributed by atoms with van der Waals surface area (Å²) in [5, 5.41) is 3.48. The van der Waals surface area contributed by atoms with Crippen molar-refractivity contribution in [3.05, 3.63) is 65.7 Å². The van der Waals surface area contributed by atoms with E-state index in [1.165, 1.54) is 5.56 Å². The highest BCUT2D eigenvalue weighted by Crippen LogP contribution is 2.34. The van der Waals surface area contributed by atoms with E-state index < -0.39 is 0 Å². The Bertz CT molecular complexity index is 665. The smallest absolute Gasteiger partial charge is 0.164 e. The Balaban J connectivity index is 2.26. The highest BCUT2D eigenvalue weighted by atomic mass is 16.5. The van der Waals surface area contributed by atoms with Crippen molar-refractivity contribution < 1.29 is 9.47 Å². The minimum absolute atomic E-state index is 0.612. The highest BCUT2D eigenvalue weighted by molar-refractivity contribution is 5.53. The number of rotatable bonds is 8. The molecular formula is C20H25NO2. The van der Waals surface area contributed by atoms with Gasteiger partial charge in [-0.2, -0.15) is 0 Å². The van der Waals surface area contributed by atoms with E-state index in [2.05, 4.69) is 37.0 Å². The molecule has 0 bridgehead atoms. The molecule has 0 heterocycles. The Hall–Kier alpha value is -2.42. The number of para-hydroxylation sites is 1. The van der Waals surface area contributed by atoms with Crippen LogP contribution in [0.5, 0.6) is 11.5 Å². The van der Waals surface area contributed by atoms with Gasteiger partial charge >= 0.3 is 0 Å². The number of nitrogens with one attached hydrogen (secondary N) is 1. The second-order valence-electron chi connectivity index (χ2n) is 5.38. The van der Waals surface area contributed by atoms with Crippen LogP contribution in [0.15, 0.2) is 49.1 Å². The molecule has 2 aromatic rings. The summed E-state index contributed by atoms with van der Waals surface area (Å²) in [6.45, 7) is 9.26. The van der Waals surface area contributed by atoms with Crippen LogP contribution in [0.25, 0.3) is 0 Å². The molecule has 0 atom stereocenters. The third kappa shape index (κ3) is 4.28. The standard InChI is InChI=1S/C20H25NO2/c1-5-9-17-12-16(13-19(22-4)20(17)23-6-2)14-21-18-11-8-7-10-15(18)3/h5,7-8,10-13,21H,1,6,9,14H2,2-4H3. The molecule has 122 valence electrons. The maximum absolute atomic E-state index is 5.76. The molecule has 0 saturated carbocycles. The molecule has 0 aliphatic carbocycles. The van der Waals surface area contributed by atoms with E-state index in [-0.39, 0.29) is 0 Å². The second kappa shape index (κ2) is 8.28. The number of methoxy groups -OCH3 is 1. The van der Waals surface area contributed by atoms with Crippen molar-refractivity contribution in [3.8, 4) is 11.5 Å². The molecule has 0 aliphatic rings. The molecule has 2 rings (SSSR count). The van der Waals surface area contributed by atoms with Gasteiger partial charge < -0.3 is 14.8 Å². The van der Waals surface area contributed by atoms with Gasteiger partial charge in [-0.25, -0.2) is 0 Å². The van der Waals surface area contributed by atoms with Crippen LogP contribution in [0, 0.1) is 6.92 Å². The molecule has 3 heteroatoms. The third-order valence-corrected chi connectivity index (χ3v) is 3.69. The van der Waals surface area contributed by atoms with Crippen LogP contribution in [0.3, 0.4) is 0 Å². The molecule has 3 nitrogen and oxygen atoms in total. The van der Waals surface area contributed by atoms with Gasteiger partial charge in [0.05, 0.1) is 13.7 Å². The summed E-state index contributed by atoms with van der Waals surface area (Å²) < 4.78 is 11.3. The lowest BCUT2D eigenvalue weighted by Gasteiger charge is -2.16. The van der Waals surface area contributed by atoms with E-state index >= 15 is 0 Å². The SMILES string of the molecule is C=CCc1cc(CNc2ccccc2C)cc(OC)c1OCC. The predicted octanol–water partition coefficient (Wildman–Crippen LogP) is 4.74. The molecule has 0 spiro atoms. The molecule has 0 radical (unpaired) electrons. The van der Waals surface area contributed by atoms with Crippen molar-refractivity contribution in [2.24, 2.45) is 0 Å². The van der Waals surface area contributed by atoms with Crippen LogP contribution >= 0.6 is 0 Å². The zero-order chi connectivity index (χ0) is 16.7. The first-order valence-electron chi connectivity index (χ1n) is 7.92. The van der Waals surface area contributed by atoms with Crippen molar-refractivity contribution in [1.82, 2.24) is 0 Å². The van der Waals surface area contributed by atoms with Crippen molar-refractivity contribution in [2.75, 3.05) is 19.0 Å². The van der Waals surface area contributed by atoms with Crippen molar-refractivity contribution in [3.63, 3.8) is 0 Å². The lowest BCUT2D eigenvalue weighted by molar-refractivity contribution is 0.308. The van der Waals surface area contributed by atoms with Crippen LogP contribution in [0.2, 0.25) is 0 Å². The van der Waals surface area contributed by atoms with E-state index in [9.17, 15) is 0 Å². The Morgan fingerprint density at radius 1 is 1.22 bits per heavy atom. The number of hydrogen-bond donors (Lipinski definition) is 1. The predicted molar refractivity (Wildman–Crippen MR) is 96.6 cm³/mol. The molecule has 0 unspecified atom stereocenters. The monoisotopic (exact) mass is 311 g/mol. The Morgan fingerprint density at radius 3 is 2.65 bits per heavy atom. The minimum Gasteiger partial charge on any atom is -0.493 e. The molecule has 2 aromatic carbocycles. The summed E-state index contributed by atoms with van der Waals surface area (Å²) in [4.78, 5) is 0. The number of ether oxygens (including phenoxy) is 2. The van der Waals surface area contributed by atoms with E-state index in [1.807, 2.05) is 31.2 Å². The maximum atomic E-state index is 5.76. The van der Waals surface area contributed by atoms with Crippen molar-refractivity contribution >= 4 is 5.69 Å². The van der Waals surface area contributed by atoms with E-state index in [1.54, 1.807) is 7.11 Å². The number of benzene rings is 2. The van der Waals surface area contributed by atoms with Crippen LogP contribution in [0.4, 0.5) is 5.69 Å². The molecule has 0 saturated heterocycles. The number of allylic oxidation sites excluding steroid dienone is 1. The van der Waals surface area contributed by atoms with E-state index in [0.29, 0.717) is 6.61 Å². The van der Waals surface area contributed by atoms with Crippen LogP contribution in [-0.2, 0) is 13.0 Å². The van der Waals surface area contributed by atoms with Crippen molar-refractivity contribution in [2.45, 2.75) is 26.8 Å². The summed E-state index contributed by atoms with van der Waals surface area (Å²) in [6.07, 6.45) is 2.64. The summed E-state index contributed by atoms with van der Waals surface area (Å²) >= 11 is 0. The zero-order valence-electron chi connectivity index (χ0n) is 14.2. The van der Waals surface area contributed by atoms with Crippen LogP contribution < -0.4 is 14.8 Å². The molecule has 0 fully saturated rings. The van der Waals surface area contributed by atoms with Crippen LogP contribution in [0.1, 0.15) is 23.6 Å². The number of anilines is 1. The molecular weight excluding hydrogens is 286 g/mol. The molecule has 1 N–H and O–H groups in total. The fourth-order valence-electron chi connectivity index (χ4n) is 2.56. The summed E-state index contributed by atoms with van der Waals surface area (Å²) in [6, 6.07) is 12.5. The number of hydrogen-bond acceptors (Lipinski definition) is 3.